The van der Waals surface area contributed by atoms with Gasteiger partial charge in [-0.1, -0.05) is 60.3 Å². The average molecular weight is 410 g/mol. The fraction of sp³-hybridized carbons (Fsp3) is 0.190. The molecule has 4 rings (SSSR count). The molecular formula is C21H19N3O2S2. The Kier molecular flexibility index (Phi) is 5.54. The first-order valence-electron chi connectivity index (χ1n) is 8.79. The minimum Gasteiger partial charge on any atom is -0.415 e. The van der Waals surface area contributed by atoms with Gasteiger partial charge in [-0.3, -0.25) is 4.79 Å². The Hall–Kier alpha value is -2.51. The summed E-state index contributed by atoms with van der Waals surface area (Å²) in [6, 6.07) is 18.0. The van der Waals surface area contributed by atoms with E-state index in [2.05, 4.69) is 14.8 Å². The third kappa shape index (κ3) is 3.59. The minimum atomic E-state index is 0.0465. The van der Waals surface area contributed by atoms with Crippen molar-refractivity contribution in [3.05, 3.63) is 66.1 Å². The van der Waals surface area contributed by atoms with Crippen molar-refractivity contribution in [2.75, 3.05) is 12.0 Å². The van der Waals surface area contributed by atoms with Gasteiger partial charge in [0.2, 0.25) is 5.89 Å². The molecule has 0 bridgehead atoms. The summed E-state index contributed by atoms with van der Waals surface area (Å²) in [7, 11) is 2.00. The number of aryl methyl sites for hydroxylation is 1. The van der Waals surface area contributed by atoms with Crippen LogP contribution in [-0.2, 0) is 12.8 Å². The summed E-state index contributed by atoms with van der Waals surface area (Å²) >= 11 is 2.90. The van der Waals surface area contributed by atoms with Gasteiger partial charge in [-0.05, 0) is 17.9 Å². The normalized spacial score (nSPS) is 11.2. The fourth-order valence-electron chi connectivity index (χ4n) is 3.29. The first-order valence-corrected chi connectivity index (χ1v) is 11.2. The quantitative estimate of drug-likeness (QED) is 0.314. The maximum absolute atomic E-state index is 13.2. The summed E-state index contributed by atoms with van der Waals surface area (Å²) in [6.07, 6.45) is 1.98. The van der Waals surface area contributed by atoms with Gasteiger partial charge in [0.15, 0.2) is 5.78 Å². The topological polar surface area (TPSA) is 60.9 Å². The molecule has 142 valence electrons. The number of carbonyl (C=O) groups excluding carboxylic acids is 1. The molecule has 5 nitrogen and oxygen atoms in total. The predicted molar refractivity (Wildman–Crippen MR) is 115 cm³/mol. The number of Topliss-reactive ketones (excluding diaryl/α,β-unsaturated/α-hetero) is 1. The number of thioether (sulfide) groups is 2. The highest BCUT2D eigenvalue weighted by Crippen LogP contribution is 2.34. The minimum absolute atomic E-state index is 0.0465. The number of ketones is 1. The molecule has 0 saturated carbocycles. The first-order chi connectivity index (χ1) is 13.7. The Morgan fingerprint density at radius 2 is 1.82 bits per heavy atom. The zero-order chi connectivity index (χ0) is 19.5. The van der Waals surface area contributed by atoms with Crippen LogP contribution in [-0.4, -0.2) is 32.6 Å². The van der Waals surface area contributed by atoms with Gasteiger partial charge in [-0.2, -0.15) is 11.8 Å². The monoisotopic (exact) mass is 409 g/mol. The largest absolute Gasteiger partial charge is 0.415 e. The van der Waals surface area contributed by atoms with Crippen molar-refractivity contribution in [1.29, 1.82) is 0 Å². The van der Waals surface area contributed by atoms with Gasteiger partial charge in [0.1, 0.15) is 0 Å². The van der Waals surface area contributed by atoms with E-state index in [4.69, 9.17) is 4.42 Å². The van der Waals surface area contributed by atoms with Crippen LogP contribution in [0.2, 0.25) is 0 Å². The van der Waals surface area contributed by atoms with E-state index in [1.807, 2.05) is 67.9 Å². The van der Waals surface area contributed by atoms with Crippen LogP contribution in [0.5, 0.6) is 0 Å². The number of para-hydroxylation sites is 1. The lowest BCUT2D eigenvalue weighted by molar-refractivity contribution is 0.102. The van der Waals surface area contributed by atoms with Gasteiger partial charge in [-0.15, -0.1) is 10.2 Å². The Morgan fingerprint density at radius 3 is 2.61 bits per heavy atom. The smallest absolute Gasteiger partial charge is 0.277 e. The van der Waals surface area contributed by atoms with Gasteiger partial charge < -0.3 is 8.98 Å². The molecule has 28 heavy (non-hydrogen) atoms. The molecule has 0 amide bonds. The number of benzene rings is 2. The van der Waals surface area contributed by atoms with E-state index in [9.17, 15) is 4.79 Å². The maximum atomic E-state index is 13.2. The van der Waals surface area contributed by atoms with Gasteiger partial charge in [0, 0.05) is 18.0 Å². The molecule has 2 aromatic heterocycles. The van der Waals surface area contributed by atoms with Crippen LogP contribution in [0.15, 0.2) is 64.2 Å². The van der Waals surface area contributed by atoms with Crippen molar-refractivity contribution < 1.29 is 9.21 Å². The predicted octanol–water partition coefficient (Wildman–Crippen LogP) is 5.07. The van der Waals surface area contributed by atoms with Gasteiger partial charge in [-0.25, -0.2) is 0 Å². The molecule has 0 radical (unpaired) electrons. The Morgan fingerprint density at radius 1 is 1.07 bits per heavy atom. The van der Waals surface area contributed by atoms with Crippen LogP contribution >= 0.6 is 23.5 Å². The standard InChI is InChI=1S/C21H19N3O2S2/c1-24-16-11-7-6-10-15(16)19(20(24)14-8-4-3-5-9-14)17(25)12-28-21-23-22-18(26-21)13-27-2/h3-11H,12-13H2,1-2H3. The third-order valence-electron chi connectivity index (χ3n) is 4.48. The lowest BCUT2D eigenvalue weighted by atomic mass is 10.0. The number of rotatable bonds is 7. The summed E-state index contributed by atoms with van der Waals surface area (Å²) in [6.45, 7) is 0. The van der Waals surface area contributed by atoms with E-state index in [1.165, 1.54) is 11.8 Å². The number of nitrogens with zero attached hydrogens (tertiary/aromatic N) is 3. The zero-order valence-electron chi connectivity index (χ0n) is 15.6. The van der Waals surface area contributed by atoms with Crippen LogP contribution in [0.4, 0.5) is 0 Å². The van der Waals surface area contributed by atoms with E-state index in [0.717, 1.165) is 27.7 Å². The number of carbonyl (C=O) groups is 1. The summed E-state index contributed by atoms with van der Waals surface area (Å²) in [5, 5.41) is 9.42. The maximum Gasteiger partial charge on any atom is 0.277 e. The molecular weight excluding hydrogens is 390 g/mol. The zero-order valence-corrected chi connectivity index (χ0v) is 17.2. The van der Waals surface area contributed by atoms with Crippen molar-refractivity contribution in [3.8, 4) is 11.3 Å². The van der Waals surface area contributed by atoms with Gasteiger partial charge in [0.05, 0.1) is 22.8 Å². The van der Waals surface area contributed by atoms with E-state index >= 15 is 0 Å². The lowest BCUT2D eigenvalue weighted by Gasteiger charge is -2.07. The fourth-order valence-corrected chi connectivity index (χ4v) is 4.30. The van der Waals surface area contributed by atoms with Crippen molar-refractivity contribution >= 4 is 40.2 Å². The SMILES string of the molecule is CSCc1nnc(SCC(=O)c2c(-c3ccccc3)n(C)c3ccccc23)o1. The summed E-state index contributed by atoms with van der Waals surface area (Å²) in [4.78, 5) is 13.2. The second-order valence-electron chi connectivity index (χ2n) is 6.27. The van der Waals surface area contributed by atoms with E-state index in [1.54, 1.807) is 11.8 Å². The molecule has 0 spiro atoms. The Balaban J connectivity index is 1.69. The molecule has 4 aromatic rings. The highest BCUT2D eigenvalue weighted by atomic mass is 32.2. The lowest BCUT2D eigenvalue weighted by Crippen LogP contribution is -2.05. The number of fused-ring (bicyclic) bond motifs is 1. The molecule has 2 heterocycles. The Bertz CT molecular complexity index is 1120. The number of aromatic nitrogens is 3. The van der Waals surface area contributed by atoms with Crippen LogP contribution < -0.4 is 0 Å². The molecule has 0 aliphatic carbocycles. The molecule has 0 aliphatic heterocycles. The highest BCUT2D eigenvalue weighted by Gasteiger charge is 2.22. The summed E-state index contributed by atoms with van der Waals surface area (Å²) in [5.74, 6) is 1.54. The van der Waals surface area contributed by atoms with E-state index in [0.29, 0.717) is 16.9 Å². The van der Waals surface area contributed by atoms with Crippen molar-refractivity contribution in [2.24, 2.45) is 7.05 Å². The van der Waals surface area contributed by atoms with Crippen LogP contribution in [0.1, 0.15) is 16.2 Å². The molecule has 0 unspecified atom stereocenters. The second-order valence-corrected chi connectivity index (χ2v) is 8.06. The molecule has 0 saturated heterocycles. The molecule has 7 heteroatoms. The van der Waals surface area contributed by atoms with Crippen molar-refractivity contribution in [3.63, 3.8) is 0 Å². The molecule has 0 aliphatic rings. The summed E-state index contributed by atoms with van der Waals surface area (Å²) in [5.41, 5.74) is 3.73. The first kappa shape index (κ1) is 18.8. The molecule has 2 aromatic carbocycles. The van der Waals surface area contributed by atoms with Crippen molar-refractivity contribution in [1.82, 2.24) is 14.8 Å². The van der Waals surface area contributed by atoms with Crippen LogP contribution in [0, 0.1) is 0 Å². The van der Waals surface area contributed by atoms with Crippen LogP contribution in [0.3, 0.4) is 0 Å². The van der Waals surface area contributed by atoms with Crippen LogP contribution in [0.25, 0.3) is 22.2 Å². The van der Waals surface area contributed by atoms with E-state index < -0.39 is 0 Å². The average Bonchev–Trinajstić information content (AvgIpc) is 3.30. The molecule has 0 atom stereocenters. The van der Waals surface area contributed by atoms with Gasteiger partial charge >= 0.3 is 0 Å². The molecule has 0 N–H and O–H groups in total. The van der Waals surface area contributed by atoms with Crippen molar-refractivity contribution in [2.45, 2.75) is 11.0 Å². The van der Waals surface area contributed by atoms with Gasteiger partial charge in [0.25, 0.3) is 5.22 Å². The summed E-state index contributed by atoms with van der Waals surface area (Å²) < 4.78 is 7.67. The second kappa shape index (κ2) is 8.24. The molecule has 0 fully saturated rings. The number of hydrogen-bond acceptors (Lipinski definition) is 6. The van der Waals surface area contributed by atoms with E-state index in [-0.39, 0.29) is 11.5 Å². The third-order valence-corrected chi connectivity index (χ3v) is 5.83. The Labute approximate surface area is 171 Å². The highest BCUT2D eigenvalue weighted by molar-refractivity contribution is 7.99. The number of hydrogen-bond donors (Lipinski definition) is 0.